The largest absolute Gasteiger partial charge is 0.545 e. The second-order valence-electron chi connectivity index (χ2n) is 2.25. The van der Waals surface area contributed by atoms with E-state index in [4.69, 9.17) is 34.8 Å². The summed E-state index contributed by atoms with van der Waals surface area (Å²) in [5, 5.41) is 10.5. The molecule has 0 aromatic rings. The Morgan fingerprint density at radius 2 is 1.71 bits per heavy atom. The van der Waals surface area contributed by atoms with E-state index >= 15 is 0 Å². The number of halogens is 3. The number of rotatable bonds is 3. The van der Waals surface area contributed by atoms with Crippen LogP contribution in [-0.4, -0.2) is 22.7 Å². The highest BCUT2D eigenvalue weighted by Gasteiger charge is 2.35. The number of carbonyl (C=O) groups is 2. The number of hydrogen-bond acceptors (Lipinski definition) is 4. The number of carboxylic acids is 1. The minimum atomic E-state index is -2.34. The van der Waals surface area contributed by atoms with Gasteiger partial charge in [-0.05, 0) is 6.92 Å². The van der Waals surface area contributed by atoms with Crippen LogP contribution in [0.25, 0.3) is 0 Å². The Balaban J connectivity index is 5.28. The predicted molar refractivity (Wildman–Crippen MR) is 50.0 cm³/mol. The van der Waals surface area contributed by atoms with Crippen molar-refractivity contribution in [2.24, 2.45) is 0 Å². The average Bonchev–Trinajstić information content (AvgIpc) is 2.01. The number of carbonyl (C=O) groups excluding carboxylic acids is 2. The number of carboxylic acid groups (broad SMARTS) is 1. The molecule has 0 saturated carbocycles. The summed E-state index contributed by atoms with van der Waals surface area (Å²) >= 11 is 15.7. The van der Waals surface area contributed by atoms with Crippen LogP contribution in [0.3, 0.4) is 0 Å². The van der Waals surface area contributed by atoms with Crippen LogP contribution in [0.15, 0.2) is 11.3 Å². The Morgan fingerprint density at radius 3 is 1.93 bits per heavy atom. The molecule has 0 saturated heterocycles. The number of hydrogen-bond donors (Lipinski definition) is 0. The summed E-state index contributed by atoms with van der Waals surface area (Å²) in [6.07, 6.45) is 0. The van der Waals surface area contributed by atoms with E-state index in [0.717, 1.165) is 0 Å². The third kappa shape index (κ3) is 3.36. The van der Waals surface area contributed by atoms with E-state index in [2.05, 4.69) is 4.74 Å². The fourth-order valence-corrected chi connectivity index (χ4v) is 0.924. The van der Waals surface area contributed by atoms with E-state index in [1.165, 1.54) is 14.0 Å². The Morgan fingerprint density at radius 1 is 1.29 bits per heavy atom. The molecular weight excluding hydrogens is 254 g/mol. The summed E-state index contributed by atoms with van der Waals surface area (Å²) in [4.78, 5) is 21.8. The maximum absolute atomic E-state index is 11.3. The van der Waals surface area contributed by atoms with E-state index in [9.17, 15) is 14.7 Å². The zero-order chi connectivity index (χ0) is 11.5. The lowest BCUT2D eigenvalue weighted by molar-refractivity contribution is -0.299. The lowest BCUT2D eigenvalue weighted by Gasteiger charge is -2.15. The number of ketones is 1. The Bertz CT molecular complexity index is 290. The highest BCUT2D eigenvalue weighted by atomic mass is 35.6. The quantitative estimate of drug-likeness (QED) is 0.245. The molecule has 0 amide bonds. The van der Waals surface area contributed by atoms with E-state index in [0.29, 0.717) is 0 Å². The van der Waals surface area contributed by atoms with Crippen LogP contribution in [-0.2, 0) is 14.3 Å². The molecule has 80 valence electrons. The van der Waals surface area contributed by atoms with Gasteiger partial charge in [-0.1, -0.05) is 34.8 Å². The minimum absolute atomic E-state index is 0.179. The topological polar surface area (TPSA) is 66.4 Å². The molecule has 7 heteroatoms. The third-order valence-electron chi connectivity index (χ3n) is 1.35. The molecule has 0 bridgehead atoms. The highest BCUT2D eigenvalue weighted by molar-refractivity contribution is 6.78. The monoisotopic (exact) mass is 259 g/mol. The first-order valence-electron chi connectivity index (χ1n) is 3.29. The van der Waals surface area contributed by atoms with Crippen molar-refractivity contribution in [2.45, 2.75) is 10.7 Å². The summed E-state index contributed by atoms with van der Waals surface area (Å²) in [6.45, 7) is 1.25. The maximum Gasteiger partial charge on any atom is 0.253 e. The van der Waals surface area contributed by atoms with Crippen molar-refractivity contribution in [1.29, 1.82) is 0 Å². The van der Waals surface area contributed by atoms with Crippen LogP contribution in [0.2, 0.25) is 0 Å². The second kappa shape index (κ2) is 4.87. The Hall–Kier alpha value is -0.450. The minimum Gasteiger partial charge on any atom is -0.545 e. The van der Waals surface area contributed by atoms with Crippen LogP contribution >= 0.6 is 34.8 Å². The van der Waals surface area contributed by atoms with Gasteiger partial charge in [0, 0.05) is 0 Å². The van der Waals surface area contributed by atoms with Crippen LogP contribution in [0.5, 0.6) is 0 Å². The van der Waals surface area contributed by atoms with Gasteiger partial charge in [-0.15, -0.1) is 0 Å². The van der Waals surface area contributed by atoms with Gasteiger partial charge in [-0.25, -0.2) is 0 Å². The second-order valence-corrected chi connectivity index (χ2v) is 4.53. The fraction of sp³-hybridized carbons (Fsp3) is 0.429. The zero-order valence-corrected chi connectivity index (χ0v) is 9.53. The van der Waals surface area contributed by atoms with E-state index in [1.54, 1.807) is 0 Å². The first-order chi connectivity index (χ1) is 6.21. The van der Waals surface area contributed by atoms with E-state index < -0.39 is 21.1 Å². The molecule has 0 unspecified atom stereocenters. The average molecular weight is 260 g/mol. The normalized spacial score (nSPS) is 13.2. The lowest BCUT2D eigenvalue weighted by atomic mass is 10.1. The van der Waals surface area contributed by atoms with Crippen molar-refractivity contribution >= 4 is 46.6 Å². The van der Waals surface area contributed by atoms with Crippen molar-refractivity contribution in [3.8, 4) is 0 Å². The number of methoxy groups -OCH3 is 1. The number of alkyl halides is 3. The fourth-order valence-electron chi connectivity index (χ4n) is 0.640. The Labute approximate surface area is 95.4 Å². The molecule has 0 atom stereocenters. The van der Waals surface area contributed by atoms with Gasteiger partial charge in [-0.2, -0.15) is 0 Å². The smallest absolute Gasteiger partial charge is 0.253 e. The van der Waals surface area contributed by atoms with Gasteiger partial charge in [0.1, 0.15) is 5.76 Å². The van der Waals surface area contributed by atoms with Crippen molar-refractivity contribution in [3.63, 3.8) is 0 Å². The van der Waals surface area contributed by atoms with E-state index in [1.807, 2.05) is 0 Å². The summed E-state index contributed by atoms with van der Waals surface area (Å²) in [5.41, 5.74) is -0.785. The molecule has 14 heavy (non-hydrogen) atoms. The van der Waals surface area contributed by atoms with Gasteiger partial charge in [-0.3, -0.25) is 4.79 Å². The van der Waals surface area contributed by atoms with Gasteiger partial charge in [0.05, 0.1) is 18.7 Å². The summed E-state index contributed by atoms with van der Waals surface area (Å²) < 4.78 is 2.21. The van der Waals surface area contributed by atoms with E-state index in [-0.39, 0.29) is 5.76 Å². The molecule has 0 rings (SSSR count). The standard InChI is InChI=1S/C7H7Cl3O4/c1-3(14-2)4(6(12)13)5(11)7(8,9)10/h1-2H3,(H,12,13)/p-1/b4-3-. The van der Waals surface area contributed by atoms with Crippen molar-refractivity contribution in [2.75, 3.05) is 7.11 Å². The van der Waals surface area contributed by atoms with Crippen LogP contribution in [0.4, 0.5) is 0 Å². The summed E-state index contributed by atoms with van der Waals surface area (Å²) in [6, 6.07) is 0. The SMILES string of the molecule is CO/C(C)=C(\C(=O)[O-])C(=O)C(Cl)(Cl)Cl. The number of Topliss-reactive ketones (excluding diaryl/α,β-unsaturated/α-hetero) is 1. The van der Waals surface area contributed by atoms with Gasteiger partial charge in [0.2, 0.25) is 5.78 Å². The number of allylic oxidation sites excluding steroid dienone is 1. The molecule has 0 heterocycles. The molecule has 0 N–H and O–H groups in total. The third-order valence-corrected chi connectivity index (χ3v) is 1.86. The molecule has 4 nitrogen and oxygen atoms in total. The number of ether oxygens (including phenoxy) is 1. The van der Waals surface area contributed by atoms with Crippen molar-refractivity contribution in [1.82, 2.24) is 0 Å². The first kappa shape index (κ1) is 13.5. The molecule has 0 fully saturated rings. The highest BCUT2D eigenvalue weighted by Crippen LogP contribution is 2.30. The van der Waals surface area contributed by atoms with Gasteiger partial charge >= 0.3 is 0 Å². The Kier molecular flexibility index (Phi) is 4.71. The molecule has 0 aromatic heterocycles. The molecule has 0 aliphatic rings. The van der Waals surface area contributed by atoms with Crippen LogP contribution in [0.1, 0.15) is 6.92 Å². The summed E-state index contributed by atoms with van der Waals surface area (Å²) in [5.74, 6) is -3.12. The molecule has 0 aliphatic heterocycles. The molecule has 0 aromatic carbocycles. The van der Waals surface area contributed by atoms with Gasteiger partial charge in [0.25, 0.3) is 3.79 Å². The molecule has 0 spiro atoms. The van der Waals surface area contributed by atoms with Crippen molar-refractivity contribution < 1.29 is 19.4 Å². The molecular formula is C7H6Cl3O4-. The summed E-state index contributed by atoms with van der Waals surface area (Å²) in [7, 11) is 1.18. The first-order valence-corrected chi connectivity index (χ1v) is 4.43. The van der Waals surface area contributed by atoms with Gasteiger partial charge < -0.3 is 14.6 Å². The van der Waals surface area contributed by atoms with Gasteiger partial charge in [0.15, 0.2) is 0 Å². The molecule has 0 aliphatic carbocycles. The predicted octanol–water partition coefficient (Wildman–Crippen LogP) is 0.596. The molecule has 0 radical (unpaired) electrons. The maximum atomic E-state index is 11.3. The van der Waals surface area contributed by atoms with Crippen LogP contribution in [0, 0.1) is 0 Å². The zero-order valence-electron chi connectivity index (χ0n) is 7.27. The number of aliphatic carboxylic acids is 1. The van der Waals surface area contributed by atoms with Crippen molar-refractivity contribution in [3.05, 3.63) is 11.3 Å². The lowest BCUT2D eigenvalue weighted by Crippen LogP contribution is -2.35. The van der Waals surface area contributed by atoms with Crippen LogP contribution < -0.4 is 5.11 Å².